The zero-order valence-corrected chi connectivity index (χ0v) is 22.7. The first-order chi connectivity index (χ1) is 15.8. The maximum Gasteiger partial charge on any atom is 0.161 e. The van der Waals surface area contributed by atoms with Gasteiger partial charge in [0.1, 0.15) is 19.3 Å². The molecule has 6 nitrogen and oxygen atoms in total. The van der Waals surface area contributed by atoms with Gasteiger partial charge in [-0.1, -0.05) is 59.0 Å². The van der Waals surface area contributed by atoms with Crippen LogP contribution in [0.5, 0.6) is 17.2 Å². The molecule has 0 aliphatic carbocycles. The predicted molar refractivity (Wildman–Crippen MR) is 138 cm³/mol. The Morgan fingerprint density at radius 2 is 1.70 bits per heavy atom. The molecule has 0 saturated carbocycles. The van der Waals surface area contributed by atoms with Crippen LogP contribution in [0.2, 0.25) is 10.0 Å². The summed E-state index contributed by atoms with van der Waals surface area (Å²) in [6, 6.07) is 9.31. The number of likely N-dealkylation sites (N-methyl/N-ethyl adjacent to an activating group) is 2. The third-order valence-corrected chi connectivity index (χ3v) is 6.16. The Hall–Kier alpha value is -1.22. The first kappa shape index (κ1) is 28.0. The Kier molecular flexibility index (Phi) is 12.1. The van der Waals surface area contributed by atoms with Crippen LogP contribution < -0.4 is 14.2 Å². The predicted octanol–water partition coefficient (Wildman–Crippen LogP) is 5.36. The summed E-state index contributed by atoms with van der Waals surface area (Å²) in [6.45, 7) is 8.89. The van der Waals surface area contributed by atoms with Crippen molar-refractivity contribution in [2.75, 3.05) is 53.6 Å². The maximum absolute atomic E-state index is 10.4. The van der Waals surface area contributed by atoms with Crippen molar-refractivity contribution >= 4 is 39.1 Å². The fraction of sp³-hybridized carbons (Fsp3) is 0.500. The number of hydrogen-bond donors (Lipinski definition) is 1. The Balaban J connectivity index is 1.86. The molecular formula is C24H33BrCl2N2O4. The van der Waals surface area contributed by atoms with E-state index in [0.29, 0.717) is 41.2 Å². The molecule has 1 N–H and O–H groups in total. The van der Waals surface area contributed by atoms with Crippen LogP contribution in [0.4, 0.5) is 0 Å². The smallest absolute Gasteiger partial charge is 0.161 e. The average molecular weight is 564 g/mol. The van der Waals surface area contributed by atoms with E-state index in [1.54, 1.807) is 19.2 Å². The van der Waals surface area contributed by atoms with E-state index in [1.807, 2.05) is 30.1 Å². The van der Waals surface area contributed by atoms with Gasteiger partial charge < -0.3 is 24.2 Å². The van der Waals surface area contributed by atoms with Crippen molar-refractivity contribution in [2.45, 2.75) is 26.5 Å². The SMILES string of the molecule is CCN(CC)CCOc1ccc(CN(C)CC(O)COc2c(Cl)cc(Br)cc2Cl)cc1OC. The number of benzene rings is 2. The third kappa shape index (κ3) is 9.15. The van der Waals surface area contributed by atoms with Crippen LogP contribution in [0.15, 0.2) is 34.8 Å². The van der Waals surface area contributed by atoms with Crippen molar-refractivity contribution in [1.29, 1.82) is 0 Å². The number of aliphatic hydroxyl groups is 1. The Labute approximate surface area is 215 Å². The molecule has 1 atom stereocenters. The van der Waals surface area contributed by atoms with Gasteiger partial charge in [-0.25, -0.2) is 0 Å². The lowest BCUT2D eigenvalue weighted by molar-refractivity contribution is 0.0744. The van der Waals surface area contributed by atoms with Crippen LogP contribution in [0.3, 0.4) is 0 Å². The summed E-state index contributed by atoms with van der Waals surface area (Å²) in [7, 11) is 3.57. The fourth-order valence-corrected chi connectivity index (χ4v) is 4.71. The number of hydrogen-bond acceptors (Lipinski definition) is 6. The van der Waals surface area contributed by atoms with Gasteiger partial charge in [0, 0.05) is 24.1 Å². The maximum atomic E-state index is 10.4. The van der Waals surface area contributed by atoms with Gasteiger partial charge in [0.25, 0.3) is 0 Å². The van der Waals surface area contributed by atoms with Crippen LogP contribution in [0.25, 0.3) is 0 Å². The van der Waals surface area contributed by atoms with Gasteiger partial charge in [0.15, 0.2) is 17.2 Å². The molecule has 2 rings (SSSR count). The van der Waals surface area contributed by atoms with Gasteiger partial charge in [-0.05, 0) is 50.0 Å². The molecule has 0 heterocycles. The molecule has 9 heteroatoms. The molecule has 184 valence electrons. The Morgan fingerprint density at radius 3 is 2.30 bits per heavy atom. The summed E-state index contributed by atoms with van der Waals surface area (Å²) in [5, 5.41) is 11.2. The van der Waals surface area contributed by atoms with Crippen LogP contribution in [-0.4, -0.2) is 74.6 Å². The van der Waals surface area contributed by atoms with Gasteiger partial charge in [-0.2, -0.15) is 0 Å². The quantitative estimate of drug-likeness (QED) is 0.334. The van der Waals surface area contributed by atoms with Gasteiger partial charge in [0.2, 0.25) is 0 Å². The van der Waals surface area contributed by atoms with Crippen molar-refractivity contribution in [1.82, 2.24) is 9.80 Å². The van der Waals surface area contributed by atoms with E-state index in [4.69, 9.17) is 37.4 Å². The average Bonchev–Trinajstić information content (AvgIpc) is 2.76. The lowest BCUT2D eigenvalue weighted by Crippen LogP contribution is -2.32. The van der Waals surface area contributed by atoms with E-state index >= 15 is 0 Å². The molecule has 1 unspecified atom stereocenters. The Morgan fingerprint density at radius 1 is 1.03 bits per heavy atom. The second-order valence-corrected chi connectivity index (χ2v) is 9.45. The van der Waals surface area contributed by atoms with Gasteiger partial charge in [-0.15, -0.1) is 0 Å². The molecule has 0 spiro atoms. The minimum Gasteiger partial charge on any atom is -0.493 e. The molecule has 0 amide bonds. The number of aliphatic hydroxyl groups excluding tert-OH is 1. The van der Waals surface area contributed by atoms with Crippen molar-refractivity contribution in [3.63, 3.8) is 0 Å². The van der Waals surface area contributed by atoms with E-state index in [9.17, 15) is 5.11 Å². The van der Waals surface area contributed by atoms with Gasteiger partial charge >= 0.3 is 0 Å². The van der Waals surface area contributed by atoms with Crippen molar-refractivity contribution in [2.24, 2.45) is 0 Å². The molecule has 0 aliphatic rings. The zero-order valence-electron chi connectivity index (χ0n) is 19.6. The van der Waals surface area contributed by atoms with Crippen LogP contribution in [0.1, 0.15) is 19.4 Å². The molecular weight excluding hydrogens is 531 g/mol. The molecule has 0 aliphatic heterocycles. The molecule has 0 saturated heterocycles. The van der Waals surface area contributed by atoms with E-state index in [1.165, 1.54) is 0 Å². The lowest BCUT2D eigenvalue weighted by atomic mass is 10.2. The summed E-state index contributed by atoms with van der Waals surface area (Å²) in [4.78, 5) is 4.32. The number of nitrogens with zero attached hydrogens (tertiary/aromatic N) is 2. The summed E-state index contributed by atoms with van der Waals surface area (Å²) in [5.41, 5.74) is 1.05. The largest absolute Gasteiger partial charge is 0.493 e. The van der Waals surface area contributed by atoms with Crippen molar-refractivity contribution < 1.29 is 19.3 Å². The highest BCUT2D eigenvalue weighted by molar-refractivity contribution is 9.10. The normalized spacial score (nSPS) is 12.3. The van der Waals surface area contributed by atoms with Crippen LogP contribution in [0, 0.1) is 0 Å². The third-order valence-electron chi connectivity index (χ3n) is 5.15. The molecule has 0 fully saturated rings. The number of methoxy groups -OCH3 is 1. The monoisotopic (exact) mass is 562 g/mol. The van der Waals surface area contributed by atoms with Gasteiger partial charge in [-0.3, -0.25) is 4.90 Å². The second kappa shape index (κ2) is 14.2. The second-order valence-electron chi connectivity index (χ2n) is 7.72. The molecule has 2 aromatic rings. The highest BCUT2D eigenvalue weighted by atomic mass is 79.9. The molecule has 0 radical (unpaired) electrons. The lowest BCUT2D eigenvalue weighted by Gasteiger charge is -2.22. The molecule has 0 aromatic heterocycles. The Bertz CT molecular complexity index is 861. The molecule has 2 aromatic carbocycles. The van der Waals surface area contributed by atoms with Crippen LogP contribution >= 0.6 is 39.1 Å². The van der Waals surface area contributed by atoms with E-state index in [0.717, 1.165) is 35.4 Å². The van der Waals surface area contributed by atoms with Gasteiger partial charge in [0.05, 0.1) is 17.2 Å². The highest BCUT2D eigenvalue weighted by Crippen LogP contribution is 2.36. The highest BCUT2D eigenvalue weighted by Gasteiger charge is 2.15. The van der Waals surface area contributed by atoms with E-state index in [-0.39, 0.29) is 6.61 Å². The van der Waals surface area contributed by atoms with E-state index < -0.39 is 6.10 Å². The minimum absolute atomic E-state index is 0.0774. The molecule has 33 heavy (non-hydrogen) atoms. The first-order valence-corrected chi connectivity index (χ1v) is 12.5. The zero-order chi connectivity index (χ0) is 24.4. The van der Waals surface area contributed by atoms with Crippen molar-refractivity contribution in [3.8, 4) is 17.2 Å². The standard InChI is InChI=1S/C24H33BrCl2N2O4/c1-5-29(6-2)9-10-32-22-8-7-17(11-23(22)31-4)14-28(3)15-19(30)16-33-24-20(26)12-18(25)13-21(24)27/h7-8,11-13,19,30H,5-6,9-10,14-16H2,1-4H3. The van der Waals surface area contributed by atoms with Crippen LogP contribution in [-0.2, 0) is 6.54 Å². The summed E-state index contributed by atoms with van der Waals surface area (Å²) in [5.74, 6) is 1.79. The first-order valence-electron chi connectivity index (χ1n) is 10.9. The number of ether oxygens (including phenoxy) is 3. The summed E-state index contributed by atoms with van der Waals surface area (Å²) >= 11 is 15.7. The van der Waals surface area contributed by atoms with E-state index in [2.05, 4.69) is 34.7 Å². The fourth-order valence-electron chi connectivity index (χ4n) is 3.39. The summed E-state index contributed by atoms with van der Waals surface area (Å²) < 4.78 is 17.9. The minimum atomic E-state index is -0.713. The van der Waals surface area contributed by atoms with Crippen molar-refractivity contribution in [3.05, 3.63) is 50.4 Å². The summed E-state index contributed by atoms with van der Waals surface area (Å²) in [6.07, 6.45) is -0.713. The topological polar surface area (TPSA) is 54.4 Å². The number of rotatable bonds is 14. The number of halogens is 3. The molecule has 0 bridgehead atoms.